The standard InChI is InChI=1S/C18H24N4S.HI/c1-14(22-10-9-15-6-3-4-8-17(15)22)12-20-18(19-2)21-13-16-7-5-11-23-16;/h3-8,11,14H,9-10,12-13H2,1-2H3,(H2,19,20,21);1H. The summed E-state index contributed by atoms with van der Waals surface area (Å²) < 4.78 is 0. The van der Waals surface area contributed by atoms with Crippen LogP contribution in [-0.2, 0) is 13.0 Å². The van der Waals surface area contributed by atoms with E-state index in [-0.39, 0.29) is 24.0 Å². The molecule has 3 rings (SSSR count). The van der Waals surface area contributed by atoms with Crippen molar-refractivity contribution in [1.82, 2.24) is 10.6 Å². The zero-order valence-electron chi connectivity index (χ0n) is 14.2. The number of anilines is 1. The molecular formula is C18H25IN4S. The highest BCUT2D eigenvalue weighted by Crippen LogP contribution is 2.28. The van der Waals surface area contributed by atoms with Gasteiger partial charge >= 0.3 is 0 Å². The summed E-state index contributed by atoms with van der Waals surface area (Å²) in [6.45, 7) is 5.06. The van der Waals surface area contributed by atoms with Gasteiger partial charge in [-0.1, -0.05) is 24.3 Å². The second-order valence-corrected chi connectivity index (χ2v) is 6.84. The SMILES string of the molecule is CN=C(NCc1cccs1)NCC(C)N1CCc2ccccc21.I. The summed E-state index contributed by atoms with van der Waals surface area (Å²) in [5.41, 5.74) is 2.84. The van der Waals surface area contributed by atoms with E-state index in [1.165, 1.54) is 16.1 Å². The third-order valence-electron chi connectivity index (χ3n) is 4.25. The molecule has 0 amide bonds. The summed E-state index contributed by atoms with van der Waals surface area (Å²) in [5, 5.41) is 8.91. The van der Waals surface area contributed by atoms with Crippen molar-refractivity contribution in [3.05, 3.63) is 52.2 Å². The maximum absolute atomic E-state index is 4.31. The van der Waals surface area contributed by atoms with Crippen LogP contribution in [0.2, 0.25) is 0 Å². The summed E-state index contributed by atoms with van der Waals surface area (Å²) in [6.07, 6.45) is 1.14. The maximum atomic E-state index is 4.31. The number of fused-ring (bicyclic) bond motifs is 1. The third-order valence-corrected chi connectivity index (χ3v) is 5.13. The molecule has 0 bridgehead atoms. The molecule has 0 aliphatic carbocycles. The van der Waals surface area contributed by atoms with Gasteiger partial charge in [-0.25, -0.2) is 0 Å². The third kappa shape index (κ3) is 4.63. The van der Waals surface area contributed by atoms with Crippen molar-refractivity contribution >= 4 is 47.0 Å². The second kappa shape index (κ2) is 9.27. The summed E-state index contributed by atoms with van der Waals surface area (Å²) in [7, 11) is 1.82. The molecule has 1 unspecified atom stereocenters. The first kappa shape index (κ1) is 19.1. The Morgan fingerprint density at radius 1 is 1.25 bits per heavy atom. The lowest BCUT2D eigenvalue weighted by Gasteiger charge is -2.28. The number of thiophene rings is 1. The highest BCUT2D eigenvalue weighted by atomic mass is 127. The first-order valence-corrected chi connectivity index (χ1v) is 8.97. The van der Waals surface area contributed by atoms with Crippen LogP contribution in [0.15, 0.2) is 46.8 Å². The first-order chi connectivity index (χ1) is 11.3. The quantitative estimate of drug-likeness (QED) is 0.411. The van der Waals surface area contributed by atoms with E-state index in [1.54, 1.807) is 11.3 Å². The summed E-state index contributed by atoms with van der Waals surface area (Å²) in [6, 6.07) is 13.3. The van der Waals surface area contributed by atoms with Crippen molar-refractivity contribution in [2.45, 2.75) is 25.9 Å². The van der Waals surface area contributed by atoms with Gasteiger partial charge in [-0.15, -0.1) is 35.3 Å². The van der Waals surface area contributed by atoms with Crippen molar-refractivity contribution < 1.29 is 0 Å². The van der Waals surface area contributed by atoms with E-state index in [4.69, 9.17) is 0 Å². The molecule has 1 aliphatic heterocycles. The van der Waals surface area contributed by atoms with Gasteiger partial charge in [0.25, 0.3) is 0 Å². The molecule has 0 radical (unpaired) electrons. The van der Waals surface area contributed by atoms with E-state index in [0.717, 1.165) is 32.0 Å². The average Bonchev–Trinajstić information content (AvgIpc) is 3.24. The van der Waals surface area contributed by atoms with E-state index in [1.807, 2.05) is 7.05 Å². The van der Waals surface area contributed by atoms with Crippen molar-refractivity contribution in [3.8, 4) is 0 Å². The Bertz CT molecular complexity index is 657. The predicted molar refractivity (Wildman–Crippen MR) is 115 cm³/mol. The van der Waals surface area contributed by atoms with Crippen molar-refractivity contribution in [3.63, 3.8) is 0 Å². The monoisotopic (exact) mass is 456 g/mol. The first-order valence-electron chi connectivity index (χ1n) is 8.09. The van der Waals surface area contributed by atoms with Crippen molar-refractivity contribution in [2.75, 3.05) is 25.0 Å². The normalized spacial score (nSPS) is 14.8. The summed E-state index contributed by atoms with van der Waals surface area (Å²) in [5.74, 6) is 0.859. The minimum atomic E-state index is 0. The molecule has 2 heterocycles. The number of rotatable bonds is 5. The van der Waals surface area contributed by atoms with Crippen LogP contribution in [0.4, 0.5) is 5.69 Å². The number of nitrogens with one attached hydrogen (secondary N) is 2. The minimum Gasteiger partial charge on any atom is -0.366 e. The largest absolute Gasteiger partial charge is 0.366 e. The molecule has 24 heavy (non-hydrogen) atoms. The van der Waals surface area contributed by atoms with Crippen LogP contribution in [0.5, 0.6) is 0 Å². The van der Waals surface area contributed by atoms with Crippen LogP contribution in [0.3, 0.4) is 0 Å². The van der Waals surface area contributed by atoms with E-state index >= 15 is 0 Å². The molecule has 0 saturated carbocycles. The summed E-state index contributed by atoms with van der Waals surface area (Å²) in [4.78, 5) is 8.11. The van der Waals surface area contributed by atoms with Crippen molar-refractivity contribution in [2.24, 2.45) is 4.99 Å². The Hall–Kier alpha value is -1.28. The van der Waals surface area contributed by atoms with E-state index in [0.29, 0.717) is 6.04 Å². The smallest absolute Gasteiger partial charge is 0.191 e. The number of benzene rings is 1. The van der Waals surface area contributed by atoms with Crippen LogP contribution in [0, 0.1) is 0 Å². The van der Waals surface area contributed by atoms with E-state index in [2.05, 4.69) is 69.2 Å². The number of para-hydroxylation sites is 1. The fourth-order valence-electron chi connectivity index (χ4n) is 2.98. The lowest BCUT2D eigenvalue weighted by atomic mass is 10.2. The Morgan fingerprint density at radius 2 is 2.08 bits per heavy atom. The van der Waals surface area contributed by atoms with Crippen LogP contribution < -0.4 is 15.5 Å². The molecule has 0 spiro atoms. The number of hydrogen-bond donors (Lipinski definition) is 2. The fourth-order valence-corrected chi connectivity index (χ4v) is 3.63. The van der Waals surface area contributed by atoms with Gasteiger partial charge in [0, 0.05) is 36.7 Å². The highest BCUT2D eigenvalue weighted by molar-refractivity contribution is 14.0. The van der Waals surface area contributed by atoms with Gasteiger partial charge in [-0.05, 0) is 36.4 Å². The van der Waals surface area contributed by atoms with Crippen molar-refractivity contribution in [1.29, 1.82) is 0 Å². The average molecular weight is 456 g/mol. The molecule has 2 N–H and O–H groups in total. The van der Waals surface area contributed by atoms with Gasteiger partial charge in [0.05, 0.1) is 6.54 Å². The molecule has 1 atom stereocenters. The predicted octanol–water partition coefficient (Wildman–Crippen LogP) is 3.48. The zero-order chi connectivity index (χ0) is 16.1. The highest BCUT2D eigenvalue weighted by Gasteiger charge is 2.22. The van der Waals surface area contributed by atoms with Crippen LogP contribution in [-0.4, -0.2) is 32.1 Å². The number of nitrogens with zero attached hydrogens (tertiary/aromatic N) is 2. The zero-order valence-corrected chi connectivity index (χ0v) is 17.3. The molecule has 0 fully saturated rings. The van der Waals surface area contributed by atoms with Gasteiger partial charge < -0.3 is 15.5 Å². The number of guanidine groups is 1. The topological polar surface area (TPSA) is 39.7 Å². The lowest BCUT2D eigenvalue weighted by molar-refractivity contribution is 0.625. The van der Waals surface area contributed by atoms with Crippen LogP contribution >= 0.6 is 35.3 Å². The van der Waals surface area contributed by atoms with Gasteiger partial charge in [-0.3, -0.25) is 4.99 Å². The van der Waals surface area contributed by atoms with Gasteiger partial charge in [0.1, 0.15) is 0 Å². The molecule has 1 aliphatic rings. The Balaban J connectivity index is 0.00000208. The molecule has 6 heteroatoms. The Morgan fingerprint density at radius 3 is 2.83 bits per heavy atom. The second-order valence-electron chi connectivity index (χ2n) is 5.81. The van der Waals surface area contributed by atoms with Gasteiger partial charge in [0.2, 0.25) is 0 Å². The molecule has 4 nitrogen and oxygen atoms in total. The Kier molecular flexibility index (Phi) is 7.36. The molecule has 1 aromatic heterocycles. The van der Waals surface area contributed by atoms with Gasteiger partial charge in [-0.2, -0.15) is 0 Å². The molecular weight excluding hydrogens is 431 g/mol. The summed E-state index contributed by atoms with van der Waals surface area (Å²) >= 11 is 1.76. The van der Waals surface area contributed by atoms with Crippen LogP contribution in [0.1, 0.15) is 17.4 Å². The van der Waals surface area contributed by atoms with E-state index < -0.39 is 0 Å². The molecule has 1 aromatic carbocycles. The van der Waals surface area contributed by atoms with Gasteiger partial charge in [0.15, 0.2) is 5.96 Å². The molecule has 2 aromatic rings. The maximum Gasteiger partial charge on any atom is 0.191 e. The fraction of sp³-hybridized carbons (Fsp3) is 0.389. The van der Waals surface area contributed by atoms with Crippen LogP contribution in [0.25, 0.3) is 0 Å². The molecule has 0 saturated heterocycles. The van der Waals surface area contributed by atoms with E-state index in [9.17, 15) is 0 Å². The minimum absolute atomic E-state index is 0. The lowest BCUT2D eigenvalue weighted by Crippen LogP contribution is -2.45. The number of halogens is 1. The molecule has 130 valence electrons. The number of hydrogen-bond acceptors (Lipinski definition) is 3. The number of aliphatic imine (C=N–C) groups is 1. The Labute approximate surface area is 165 Å².